The van der Waals surface area contributed by atoms with Crippen LogP contribution in [0.1, 0.15) is 33.1 Å². The maximum absolute atomic E-state index is 3.46. The zero-order valence-electron chi connectivity index (χ0n) is 10.4. The van der Waals surface area contributed by atoms with Gasteiger partial charge < -0.3 is 0 Å². The highest BCUT2D eigenvalue weighted by Gasteiger charge is 2.18. The molecule has 0 aromatic heterocycles. The van der Waals surface area contributed by atoms with Crippen molar-refractivity contribution in [3.8, 4) is 0 Å². The fourth-order valence-corrected chi connectivity index (χ4v) is 2.71. The van der Waals surface area contributed by atoms with Crippen LogP contribution in [0.4, 0.5) is 0 Å². The van der Waals surface area contributed by atoms with Gasteiger partial charge in [-0.25, -0.2) is 0 Å². The molecule has 0 aliphatic carbocycles. The number of hydrogen-bond donors (Lipinski definition) is 0. The Morgan fingerprint density at radius 3 is 2.36 bits per heavy atom. The SMILES string of the molecule is C/C=C/C=C=C(CCCC)[Si](C)(C)C. The summed E-state index contributed by atoms with van der Waals surface area (Å²) in [7, 11) is -1.13. The van der Waals surface area contributed by atoms with E-state index in [1.165, 1.54) is 19.3 Å². The Labute approximate surface area is 90.4 Å². The van der Waals surface area contributed by atoms with Crippen molar-refractivity contribution in [2.24, 2.45) is 0 Å². The van der Waals surface area contributed by atoms with Gasteiger partial charge in [-0.1, -0.05) is 45.1 Å². The third-order valence-corrected chi connectivity index (χ3v) is 4.44. The summed E-state index contributed by atoms with van der Waals surface area (Å²) >= 11 is 0. The van der Waals surface area contributed by atoms with Gasteiger partial charge in [0.25, 0.3) is 0 Å². The van der Waals surface area contributed by atoms with E-state index in [-0.39, 0.29) is 0 Å². The second-order valence-electron chi connectivity index (χ2n) is 4.67. The van der Waals surface area contributed by atoms with Crippen LogP contribution < -0.4 is 0 Å². The molecule has 0 atom stereocenters. The van der Waals surface area contributed by atoms with Crippen LogP contribution in [-0.4, -0.2) is 8.07 Å². The van der Waals surface area contributed by atoms with Gasteiger partial charge in [0.1, 0.15) is 0 Å². The van der Waals surface area contributed by atoms with Crippen LogP contribution in [0.3, 0.4) is 0 Å². The van der Waals surface area contributed by atoms with Crippen molar-refractivity contribution in [2.45, 2.75) is 52.8 Å². The molecule has 0 rings (SSSR count). The largest absolute Gasteiger partial charge is 0.126 e. The van der Waals surface area contributed by atoms with E-state index in [2.05, 4.69) is 50.5 Å². The normalized spacial score (nSPS) is 11.5. The molecule has 0 aliphatic heterocycles. The minimum absolute atomic E-state index is 1.13. The molecule has 0 amide bonds. The fourth-order valence-electron chi connectivity index (χ4n) is 1.26. The molecular formula is C13H24Si. The van der Waals surface area contributed by atoms with E-state index in [0.29, 0.717) is 0 Å². The van der Waals surface area contributed by atoms with Crippen LogP contribution in [-0.2, 0) is 0 Å². The Balaban J connectivity index is 4.63. The smallest absolute Gasteiger partial charge is 0.0823 e. The average molecular weight is 208 g/mol. The first-order valence-corrected chi connectivity index (χ1v) is 9.09. The Morgan fingerprint density at radius 2 is 1.93 bits per heavy atom. The Bertz CT molecular complexity index is 234. The first-order chi connectivity index (χ1) is 6.52. The highest BCUT2D eigenvalue weighted by atomic mass is 28.3. The zero-order chi connectivity index (χ0) is 11.0. The number of hydrogen-bond acceptors (Lipinski definition) is 0. The molecule has 0 unspecified atom stereocenters. The lowest BCUT2D eigenvalue weighted by molar-refractivity contribution is 0.804. The van der Waals surface area contributed by atoms with E-state index in [4.69, 9.17) is 0 Å². The molecule has 0 saturated heterocycles. The van der Waals surface area contributed by atoms with Crippen molar-refractivity contribution in [3.63, 3.8) is 0 Å². The molecule has 1 heteroatoms. The van der Waals surface area contributed by atoms with Gasteiger partial charge in [0.05, 0.1) is 8.07 Å². The van der Waals surface area contributed by atoms with Gasteiger partial charge in [-0.3, -0.25) is 0 Å². The lowest BCUT2D eigenvalue weighted by atomic mass is 10.2. The Kier molecular flexibility index (Phi) is 6.60. The molecule has 0 saturated carbocycles. The first-order valence-electron chi connectivity index (χ1n) is 5.59. The van der Waals surface area contributed by atoms with Crippen molar-refractivity contribution in [1.82, 2.24) is 0 Å². The minimum Gasteiger partial charge on any atom is -0.126 e. The predicted octanol–water partition coefficient (Wildman–Crippen LogP) is 4.71. The second kappa shape index (κ2) is 6.86. The van der Waals surface area contributed by atoms with Gasteiger partial charge in [0.15, 0.2) is 0 Å². The summed E-state index contributed by atoms with van der Waals surface area (Å²) in [5.74, 6) is 0. The molecule has 0 N–H and O–H groups in total. The molecule has 0 radical (unpaired) electrons. The molecule has 80 valence electrons. The van der Waals surface area contributed by atoms with Crippen molar-refractivity contribution in [1.29, 1.82) is 0 Å². The van der Waals surface area contributed by atoms with E-state index < -0.39 is 8.07 Å². The van der Waals surface area contributed by atoms with Crippen LogP contribution in [0.5, 0.6) is 0 Å². The quantitative estimate of drug-likeness (QED) is 0.349. The molecule has 0 aliphatic rings. The predicted molar refractivity (Wildman–Crippen MR) is 69.3 cm³/mol. The van der Waals surface area contributed by atoms with E-state index in [0.717, 1.165) is 0 Å². The van der Waals surface area contributed by atoms with E-state index in [1.54, 1.807) is 5.20 Å². The summed E-state index contributed by atoms with van der Waals surface area (Å²) in [6.45, 7) is 11.5. The maximum atomic E-state index is 3.46. The van der Waals surface area contributed by atoms with Gasteiger partial charge in [-0.2, -0.15) is 0 Å². The van der Waals surface area contributed by atoms with Crippen LogP contribution in [0.2, 0.25) is 19.6 Å². The van der Waals surface area contributed by atoms with Gasteiger partial charge >= 0.3 is 0 Å². The minimum atomic E-state index is -1.13. The summed E-state index contributed by atoms with van der Waals surface area (Å²) in [6, 6.07) is 0. The van der Waals surface area contributed by atoms with Gasteiger partial charge in [0.2, 0.25) is 0 Å². The summed E-state index contributed by atoms with van der Waals surface area (Å²) < 4.78 is 0. The Hall–Kier alpha value is -0.523. The van der Waals surface area contributed by atoms with Gasteiger partial charge in [-0.05, 0) is 31.0 Å². The summed E-state index contributed by atoms with van der Waals surface area (Å²) in [4.78, 5) is 0. The third-order valence-electron chi connectivity index (χ3n) is 2.23. The van der Waals surface area contributed by atoms with Gasteiger partial charge in [0, 0.05) is 0 Å². The topological polar surface area (TPSA) is 0 Å². The highest BCUT2D eigenvalue weighted by molar-refractivity contribution is 6.83. The molecule has 0 bridgehead atoms. The lowest BCUT2D eigenvalue weighted by Gasteiger charge is -2.18. The molecule has 0 fully saturated rings. The molecule has 0 nitrogen and oxygen atoms in total. The zero-order valence-corrected chi connectivity index (χ0v) is 11.4. The maximum Gasteiger partial charge on any atom is 0.0823 e. The molecular weight excluding hydrogens is 184 g/mol. The van der Waals surface area contributed by atoms with Crippen molar-refractivity contribution in [3.05, 3.63) is 29.2 Å². The monoisotopic (exact) mass is 208 g/mol. The van der Waals surface area contributed by atoms with E-state index in [9.17, 15) is 0 Å². The summed E-state index contributed by atoms with van der Waals surface area (Å²) in [6.07, 6.45) is 9.99. The van der Waals surface area contributed by atoms with Crippen LogP contribution in [0.15, 0.2) is 29.2 Å². The van der Waals surface area contributed by atoms with Crippen LogP contribution in [0.25, 0.3) is 0 Å². The van der Waals surface area contributed by atoms with Crippen LogP contribution in [0, 0.1) is 0 Å². The molecule has 0 heterocycles. The lowest BCUT2D eigenvalue weighted by Crippen LogP contribution is -2.23. The molecule has 14 heavy (non-hydrogen) atoms. The average Bonchev–Trinajstić information content (AvgIpc) is 2.09. The number of allylic oxidation sites excluding steroid dienone is 3. The van der Waals surface area contributed by atoms with Crippen LogP contribution >= 0.6 is 0 Å². The Morgan fingerprint density at radius 1 is 1.29 bits per heavy atom. The molecule has 0 spiro atoms. The molecule has 0 aromatic rings. The molecule has 0 aromatic carbocycles. The van der Waals surface area contributed by atoms with Crippen molar-refractivity contribution in [2.75, 3.05) is 0 Å². The van der Waals surface area contributed by atoms with E-state index >= 15 is 0 Å². The number of unbranched alkanes of at least 4 members (excludes halogenated alkanes) is 1. The van der Waals surface area contributed by atoms with Crippen molar-refractivity contribution < 1.29 is 0 Å². The fraction of sp³-hybridized carbons (Fsp3) is 0.615. The summed E-state index contributed by atoms with van der Waals surface area (Å²) in [5.41, 5.74) is 3.46. The summed E-state index contributed by atoms with van der Waals surface area (Å²) in [5, 5.41) is 1.57. The highest BCUT2D eigenvalue weighted by Crippen LogP contribution is 2.19. The van der Waals surface area contributed by atoms with Crippen molar-refractivity contribution >= 4 is 8.07 Å². The second-order valence-corrected chi connectivity index (χ2v) is 9.77. The third kappa shape index (κ3) is 6.01. The standard InChI is InChI=1S/C13H24Si/c1-6-8-10-12-13(11-9-7-2)14(3,4)5/h6,8,10H,7,9,11H2,1-5H3/b8-6+. The first kappa shape index (κ1) is 13.5. The van der Waals surface area contributed by atoms with E-state index in [1.807, 2.05) is 6.92 Å². The van der Waals surface area contributed by atoms with Gasteiger partial charge in [-0.15, -0.1) is 5.73 Å². The number of rotatable bonds is 5.